The smallest absolute Gasteiger partial charge is 0.342 e. The third kappa shape index (κ3) is 3.54. The summed E-state index contributed by atoms with van der Waals surface area (Å²) < 4.78 is 7.09. The standard InChI is InChI=1S/C20H23N3O3/c1-12(2)25-20(24)16-10-21-14(5)22-19(16)17-11-23(26-13(3)4)18-9-7-6-8-15(17)18/h6-13H,1-5H3. The highest BCUT2D eigenvalue weighted by Gasteiger charge is 2.22. The predicted molar refractivity (Wildman–Crippen MR) is 100.0 cm³/mol. The number of rotatable bonds is 5. The fourth-order valence-electron chi connectivity index (χ4n) is 2.76. The lowest BCUT2D eigenvalue weighted by Gasteiger charge is -2.11. The van der Waals surface area contributed by atoms with Crippen LogP contribution in [0.4, 0.5) is 0 Å². The topological polar surface area (TPSA) is 66.2 Å². The minimum absolute atomic E-state index is 0.0103. The number of aromatic nitrogens is 3. The lowest BCUT2D eigenvalue weighted by molar-refractivity contribution is 0.0377. The van der Waals surface area contributed by atoms with Gasteiger partial charge in [-0.2, -0.15) is 4.73 Å². The first-order chi connectivity index (χ1) is 12.4. The molecule has 0 spiro atoms. The molecule has 0 amide bonds. The minimum Gasteiger partial charge on any atom is -0.459 e. The van der Waals surface area contributed by atoms with Crippen LogP contribution in [-0.2, 0) is 4.74 Å². The van der Waals surface area contributed by atoms with Crippen molar-refractivity contribution in [3.05, 3.63) is 48.0 Å². The van der Waals surface area contributed by atoms with Gasteiger partial charge >= 0.3 is 5.97 Å². The van der Waals surface area contributed by atoms with Crippen LogP contribution in [0.1, 0.15) is 43.9 Å². The fraction of sp³-hybridized carbons (Fsp3) is 0.350. The van der Waals surface area contributed by atoms with Crippen molar-refractivity contribution in [3.63, 3.8) is 0 Å². The monoisotopic (exact) mass is 353 g/mol. The number of carbonyl (C=O) groups is 1. The van der Waals surface area contributed by atoms with Crippen LogP contribution >= 0.6 is 0 Å². The molecule has 0 saturated heterocycles. The lowest BCUT2D eigenvalue weighted by Crippen LogP contribution is -2.17. The minimum atomic E-state index is -0.434. The molecule has 0 aliphatic heterocycles. The maximum atomic E-state index is 12.5. The lowest BCUT2D eigenvalue weighted by atomic mass is 10.1. The van der Waals surface area contributed by atoms with Gasteiger partial charge in [-0.15, -0.1) is 0 Å². The Bertz CT molecular complexity index is 945. The molecule has 1 aromatic carbocycles. The van der Waals surface area contributed by atoms with E-state index in [0.717, 1.165) is 16.5 Å². The van der Waals surface area contributed by atoms with Crippen LogP contribution in [0.25, 0.3) is 22.2 Å². The number of benzene rings is 1. The normalized spacial score (nSPS) is 11.3. The van der Waals surface area contributed by atoms with Gasteiger partial charge in [-0.25, -0.2) is 14.8 Å². The van der Waals surface area contributed by atoms with Crippen LogP contribution in [0.15, 0.2) is 36.7 Å². The molecule has 136 valence electrons. The maximum absolute atomic E-state index is 12.5. The SMILES string of the molecule is Cc1ncc(C(=O)OC(C)C)c(-c2cn(OC(C)C)c3ccccc23)n1. The first-order valence-corrected chi connectivity index (χ1v) is 8.69. The van der Waals surface area contributed by atoms with Crippen molar-refractivity contribution in [1.29, 1.82) is 0 Å². The van der Waals surface area contributed by atoms with E-state index < -0.39 is 5.97 Å². The van der Waals surface area contributed by atoms with E-state index in [4.69, 9.17) is 9.57 Å². The summed E-state index contributed by atoms with van der Waals surface area (Å²) in [6.07, 6.45) is 3.18. The molecule has 6 nitrogen and oxygen atoms in total. The molecule has 0 atom stereocenters. The average molecular weight is 353 g/mol. The average Bonchev–Trinajstić information content (AvgIpc) is 2.92. The summed E-state index contributed by atoms with van der Waals surface area (Å²) in [7, 11) is 0. The highest BCUT2D eigenvalue weighted by atomic mass is 16.7. The number of ether oxygens (including phenoxy) is 1. The molecule has 0 aliphatic carbocycles. The summed E-state index contributed by atoms with van der Waals surface area (Å²) in [6, 6.07) is 7.86. The van der Waals surface area contributed by atoms with Gasteiger partial charge in [0.1, 0.15) is 17.5 Å². The summed E-state index contributed by atoms with van der Waals surface area (Å²) >= 11 is 0. The van der Waals surface area contributed by atoms with Crippen molar-refractivity contribution in [1.82, 2.24) is 14.7 Å². The Morgan fingerprint density at radius 3 is 2.54 bits per heavy atom. The van der Waals surface area contributed by atoms with E-state index in [2.05, 4.69) is 9.97 Å². The van der Waals surface area contributed by atoms with E-state index in [9.17, 15) is 4.79 Å². The fourth-order valence-corrected chi connectivity index (χ4v) is 2.76. The van der Waals surface area contributed by atoms with E-state index in [1.807, 2.05) is 58.2 Å². The van der Waals surface area contributed by atoms with Gasteiger partial charge in [-0.05, 0) is 40.7 Å². The number of carbonyl (C=O) groups excluding carboxylic acids is 1. The van der Waals surface area contributed by atoms with E-state index >= 15 is 0 Å². The number of aryl methyl sites for hydroxylation is 1. The molecule has 2 aromatic heterocycles. The molecule has 0 saturated carbocycles. The second kappa shape index (κ2) is 7.15. The zero-order valence-corrected chi connectivity index (χ0v) is 15.7. The van der Waals surface area contributed by atoms with Crippen molar-refractivity contribution in [2.75, 3.05) is 0 Å². The van der Waals surface area contributed by atoms with Crippen LogP contribution < -0.4 is 4.84 Å². The number of fused-ring (bicyclic) bond motifs is 1. The van der Waals surface area contributed by atoms with Gasteiger partial charge in [0.05, 0.1) is 23.5 Å². The molecule has 26 heavy (non-hydrogen) atoms. The largest absolute Gasteiger partial charge is 0.459 e. The van der Waals surface area contributed by atoms with Gasteiger partial charge in [0.25, 0.3) is 0 Å². The van der Waals surface area contributed by atoms with Crippen LogP contribution in [-0.4, -0.2) is 32.9 Å². The predicted octanol–water partition coefficient (Wildman–Crippen LogP) is 3.81. The van der Waals surface area contributed by atoms with Crippen molar-refractivity contribution >= 4 is 16.9 Å². The number of para-hydroxylation sites is 1. The molecule has 0 unspecified atom stereocenters. The third-order valence-corrected chi connectivity index (χ3v) is 3.73. The number of hydrogen-bond donors (Lipinski definition) is 0. The van der Waals surface area contributed by atoms with Gasteiger partial charge in [0.15, 0.2) is 0 Å². The number of hydrogen-bond acceptors (Lipinski definition) is 5. The second-order valence-electron chi connectivity index (χ2n) is 6.67. The Hall–Kier alpha value is -2.89. The highest BCUT2D eigenvalue weighted by molar-refractivity contribution is 6.02. The van der Waals surface area contributed by atoms with Crippen LogP contribution in [0.5, 0.6) is 0 Å². The van der Waals surface area contributed by atoms with Gasteiger partial charge in [-0.1, -0.05) is 18.2 Å². The Morgan fingerprint density at radius 2 is 1.85 bits per heavy atom. The summed E-state index contributed by atoms with van der Waals surface area (Å²) in [5.41, 5.74) is 2.61. The molecular formula is C20H23N3O3. The van der Waals surface area contributed by atoms with E-state index in [1.54, 1.807) is 11.7 Å². The van der Waals surface area contributed by atoms with Crippen molar-refractivity contribution < 1.29 is 14.4 Å². The Balaban J connectivity index is 2.20. The van der Waals surface area contributed by atoms with Crippen LogP contribution in [0.2, 0.25) is 0 Å². The molecule has 6 heteroatoms. The van der Waals surface area contributed by atoms with Crippen LogP contribution in [0, 0.1) is 6.92 Å². The molecule has 0 bridgehead atoms. The Kier molecular flexibility index (Phi) is 4.93. The molecule has 3 aromatic rings. The van der Waals surface area contributed by atoms with E-state index in [1.165, 1.54) is 6.20 Å². The zero-order valence-electron chi connectivity index (χ0n) is 15.7. The number of nitrogens with zero attached hydrogens (tertiary/aromatic N) is 3. The summed E-state index contributed by atoms with van der Waals surface area (Å²) in [5, 5.41) is 0.949. The molecule has 0 N–H and O–H groups in total. The van der Waals surface area contributed by atoms with Crippen molar-refractivity contribution in [2.24, 2.45) is 0 Å². The molecular weight excluding hydrogens is 330 g/mol. The number of esters is 1. The summed E-state index contributed by atoms with van der Waals surface area (Å²) in [4.78, 5) is 27.1. The molecule has 3 rings (SSSR count). The van der Waals surface area contributed by atoms with Gasteiger partial charge in [0.2, 0.25) is 0 Å². The molecule has 2 heterocycles. The van der Waals surface area contributed by atoms with Crippen LogP contribution in [0.3, 0.4) is 0 Å². The molecule has 0 radical (unpaired) electrons. The third-order valence-electron chi connectivity index (χ3n) is 3.73. The summed E-state index contributed by atoms with van der Waals surface area (Å²) in [5.74, 6) is 0.152. The maximum Gasteiger partial charge on any atom is 0.342 e. The summed E-state index contributed by atoms with van der Waals surface area (Å²) in [6.45, 7) is 9.36. The quantitative estimate of drug-likeness (QED) is 0.653. The van der Waals surface area contributed by atoms with Gasteiger partial charge in [-0.3, -0.25) is 0 Å². The highest BCUT2D eigenvalue weighted by Crippen LogP contribution is 2.31. The van der Waals surface area contributed by atoms with Gasteiger partial charge < -0.3 is 9.57 Å². The molecule has 0 fully saturated rings. The van der Waals surface area contributed by atoms with E-state index in [-0.39, 0.29) is 12.2 Å². The first kappa shape index (κ1) is 17.9. The zero-order chi connectivity index (χ0) is 18.8. The molecule has 0 aliphatic rings. The Morgan fingerprint density at radius 1 is 1.12 bits per heavy atom. The van der Waals surface area contributed by atoms with E-state index in [0.29, 0.717) is 17.1 Å². The van der Waals surface area contributed by atoms with Gasteiger partial charge in [0, 0.05) is 17.1 Å². The van der Waals surface area contributed by atoms with Crippen molar-refractivity contribution in [2.45, 2.75) is 46.8 Å². The first-order valence-electron chi connectivity index (χ1n) is 8.69. The second-order valence-corrected chi connectivity index (χ2v) is 6.67. The van der Waals surface area contributed by atoms with Crippen molar-refractivity contribution in [3.8, 4) is 11.3 Å². The Labute approximate surface area is 152 Å².